The molecule has 4 heteroatoms. The smallest absolute Gasteiger partial charge is 0.251 e. The van der Waals surface area contributed by atoms with Crippen molar-refractivity contribution in [3.05, 3.63) is 56.4 Å². The predicted octanol–water partition coefficient (Wildman–Crippen LogP) is 4.23. The Morgan fingerprint density at radius 3 is 2.46 bits per heavy atom. The van der Waals surface area contributed by atoms with E-state index in [0.717, 1.165) is 43.5 Å². The molecule has 0 amide bonds. The third-order valence-corrected chi connectivity index (χ3v) is 6.39. The van der Waals surface area contributed by atoms with Crippen LogP contribution in [0.3, 0.4) is 0 Å². The zero-order valence-electron chi connectivity index (χ0n) is 15.3. The molecule has 0 saturated carbocycles. The van der Waals surface area contributed by atoms with Gasteiger partial charge in [0.2, 0.25) is 0 Å². The number of nitrogens with one attached hydrogen (secondary N) is 1. The number of halogens is 1. The zero-order chi connectivity index (χ0) is 16.8. The lowest BCUT2D eigenvalue weighted by atomic mass is 9.88. The lowest BCUT2D eigenvalue weighted by Crippen LogP contribution is -2.29. The molecule has 26 heavy (non-hydrogen) atoms. The molecule has 0 radical (unpaired) electrons. The highest BCUT2D eigenvalue weighted by atomic mass is 35.5. The molecule has 2 aromatic rings. The first-order valence-corrected chi connectivity index (χ1v) is 9.91. The van der Waals surface area contributed by atoms with Crippen molar-refractivity contribution in [2.24, 2.45) is 0 Å². The van der Waals surface area contributed by atoms with Gasteiger partial charge in [0.15, 0.2) is 0 Å². The number of fused-ring (bicyclic) bond motifs is 5. The third kappa shape index (κ3) is 2.91. The average molecular weight is 371 g/mol. The number of H-pyrrole nitrogens is 1. The summed E-state index contributed by atoms with van der Waals surface area (Å²) in [6, 6.07) is 6.67. The number of hydrogen-bond acceptors (Lipinski definition) is 2. The quantitative estimate of drug-likeness (QED) is 0.732. The first-order valence-electron chi connectivity index (χ1n) is 9.91. The molecule has 2 aliphatic carbocycles. The highest BCUT2D eigenvalue weighted by Gasteiger charge is 2.28. The van der Waals surface area contributed by atoms with Crippen LogP contribution >= 0.6 is 12.4 Å². The van der Waals surface area contributed by atoms with Gasteiger partial charge in [0.25, 0.3) is 5.56 Å². The van der Waals surface area contributed by atoms with E-state index in [2.05, 4.69) is 28.1 Å². The summed E-state index contributed by atoms with van der Waals surface area (Å²) >= 11 is 0. The van der Waals surface area contributed by atoms with Crippen LogP contribution in [0.25, 0.3) is 11.3 Å². The number of nitrogens with zero attached hydrogens (tertiary/aromatic N) is 1. The predicted molar refractivity (Wildman–Crippen MR) is 108 cm³/mol. The first-order chi connectivity index (χ1) is 12.3. The Bertz CT molecular complexity index is 880. The summed E-state index contributed by atoms with van der Waals surface area (Å²) in [5, 5.41) is 0. The summed E-state index contributed by atoms with van der Waals surface area (Å²) in [6.45, 7) is 3.51. The van der Waals surface area contributed by atoms with Crippen LogP contribution in [0.15, 0.2) is 23.0 Å². The fourth-order valence-electron chi connectivity index (χ4n) is 5.09. The molecule has 0 unspecified atom stereocenters. The van der Waals surface area contributed by atoms with Gasteiger partial charge in [-0.25, -0.2) is 0 Å². The van der Waals surface area contributed by atoms with Crippen LogP contribution in [0.4, 0.5) is 0 Å². The van der Waals surface area contributed by atoms with E-state index in [1.54, 1.807) is 0 Å². The zero-order valence-corrected chi connectivity index (χ0v) is 16.1. The Morgan fingerprint density at radius 2 is 1.65 bits per heavy atom. The van der Waals surface area contributed by atoms with Gasteiger partial charge in [-0.2, -0.15) is 0 Å². The van der Waals surface area contributed by atoms with Crippen molar-refractivity contribution in [1.29, 1.82) is 0 Å². The fourth-order valence-corrected chi connectivity index (χ4v) is 5.09. The molecular formula is C22H27ClN2O. The van der Waals surface area contributed by atoms with Gasteiger partial charge >= 0.3 is 0 Å². The van der Waals surface area contributed by atoms with Crippen LogP contribution < -0.4 is 5.56 Å². The lowest BCUT2D eigenvalue weighted by molar-refractivity contribution is 0.220. The maximum atomic E-state index is 12.6. The summed E-state index contributed by atoms with van der Waals surface area (Å²) in [5.41, 5.74) is 9.30. The standard InChI is InChI=1S/C22H26N2O.ClH/c25-22-18-9-3-2-8-16(18)20-13-19-15(14-24-11-4-1-5-12-24)7-6-10-17(19)21(20)23-22;/h6-7,10H,1-5,8-9,11-14H2,(H,23,25);1H. The van der Waals surface area contributed by atoms with E-state index in [1.165, 1.54) is 66.6 Å². The van der Waals surface area contributed by atoms with Crippen LogP contribution in [-0.4, -0.2) is 23.0 Å². The van der Waals surface area contributed by atoms with E-state index >= 15 is 0 Å². The fraction of sp³-hybridized carbons (Fsp3) is 0.500. The third-order valence-electron chi connectivity index (χ3n) is 6.39. The van der Waals surface area contributed by atoms with Gasteiger partial charge in [-0.15, -0.1) is 12.4 Å². The maximum absolute atomic E-state index is 12.6. The monoisotopic (exact) mass is 370 g/mol. The number of aromatic amines is 1. The largest absolute Gasteiger partial charge is 0.321 e. The van der Waals surface area contributed by atoms with Crippen molar-refractivity contribution in [3.63, 3.8) is 0 Å². The Morgan fingerprint density at radius 1 is 0.885 bits per heavy atom. The van der Waals surface area contributed by atoms with Crippen LogP contribution in [0.1, 0.15) is 59.9 Å². The van der Waals surface area contributed by atoms with Gasteiger partial charge in [0, 0.05) is 24.1 Å². The molecule has 1 aromatic carbocycles. The lowest BCUT2D eigenvalue weighted by Gasteiger charge is -2.27. The van der Waals surface area contributed by atoms with E-state index in [9.17, 15) is 4.79 Å². The van der Waals surface area contributed by atoms with E-state index < -0.39 is 0 Å². The van der Waals surface area contributed by atoms with E-state index in [0.29, 0.717) is 0 Å². The first kappa shape index (κ1) is 17.8. The minimum atomic E-state index is 0. The molecule has 1 N–H and O–H groups in total. The van der Waals surface area contributed by atoms with E-state index in [1.807, 2.05) is 0 Å². The van der Waals surface area contributed by atoms with Crippen molar-refractivity contribution in [2.75, 3.05) is 13.1 Å². The van der Waals surface area contributed by atoms with Crippen molar-refractivity contribution in [3.8, 4) is 11.3 Å². The highest BCUT2D eigenvalue weighted by Crippen LogP contribution is 2.40. The molecule has 5 rings (SSSR count). The molecule has 0 bridgehead atoms. The van der Waals surface area contributed by atoms with Crippen LogP contribution in [0, 0.1) is 0 Å². The molecule has 3 aliphatic rings. The van der Waals surface area contributed by atoms with Crippen LogP contribution in [-0.2, 0) is 25.8 Å². The Labute approximate surface area is 161 Å². The van der Waals surface area contributed by atoms with Crippen molar-refractivity contribution in [2.45, 2.75) is 57.9 Å². The minimum absolute atomic E-state index is 0. The molecule has 3 nitrogen and oxygen atoms in total. The second kappa shape index (κ2) is 7.21. The number of hydrogen-bond donors (Lipinski definition) is 1. The van der Waals surface area contributed by atoms with Crippen molar-refractivity contribution >= 4 is 12.4 Å². The molecule has 0 atom stereocenters. The van der Waals surface area contributed by atoms with Crippen molar-refractivity contribution in [1.82, 2.24) is 9.88 Å². The number of pyridine rings is 1. The number of benzene rings is 1. The maximum Gasteiger partial charge on any atom is 0.251 e. The number of aromatic nitrogens is 1. The van der Waals surface area contributed by atoms with Gasteiger partial charge in [0.1, 0.15) is 0 Å². The van der Waals surface area contributed by atoms with Crippen LogP contribution in [0.2, 0.25) is 0 Å². The number of piperidine rings is 1. The minimum Gasteiger partial charge on any atom is -0.321 e. The molecule has 1 aromatic heterocycles. The molecule has 2 heterocycles. The molecule has 0 spiro atoms. The van der Waals surface area contributed by atoms with Crippen molar-refractivity contribution < 1.29 is 0 Å². The van der Waals surface area contributed by atoms with Gasteiger partial charge in [-0.05, 0) is 73.9 Å². The van der Waals surface area contributed by atoms with E-state index in [4.69, 9.17) is 0 Å². The van der Waals surface area contributed by atoms with E-state index in [-0.39, 0.29) is 18.0 Å². The van der Waals surface area contributed by atoms with Gasteiger partial charge in [0.05, 0.1) is 5.69 Å². The molecule has 1 aliphatic heterocycles. The molecular weight excluding hydrogens is 344 g/mol. The Hall–Kier alpha value is -1.58. The van der Waals surface area contributed by atoms with Gasteiger partial charge in [-0.3, -0.25) is 9.69 Å². The summed E-state index contributed by atoms with van der Waals surface area (Å²) in [6.07, 6.45) is 9.45. The molecule has 1 fully saturated rings. The molecule has 1 saturated heterocycles. The van der Waals surface area contributed by atoms with Gasteiger partial charge < -0.3 is 4.98 Å². The second-order valence-corrected chi connectivity index (χ2v) is 7.93. The SMILES string of the molecule is Cl.O=c1[nH]c2c(c3c1CCCC3)Cc1c(CN3CCCCC3)cccc1-2. The molecule has 138 valence electrons. The second-order valence-electron chi connectivity index (χ2n) is 7.93. The Balaban J connectivity index is 0.00000168. The van der Waals surface area contributed by atoms with Gasteiger partial charge in [-0.1, -0.05) is 24.6 Å². The summed E-state index contributed by atoms with van der Waals surface area (Å²) in [7, 11) is 0. The normalized spacial score (nSPS) is 18.6. The number of likely N-dealkylation sites (tertiary alicyclic amines) is 1. The Kier molecular flexibility index (Phi) is 4.94. The summed E-state index contributed by atoms with van der Waals surface area (Å²) in [4.78, 5) is 18.4. The highest BCUT2D eigenvalue weighted by molar-refractivity contribution is 5.85. The summed E-state index contributed by atoms with van der Waals surface area (Å²) < 4.78 is 0. The topological polar surface area (TPSA) is 36.1 Å². The average Bonchev–Trinajstić information content (AvgIpc) is 3.03. The summed E-state index contributed by atoms with van der Waals surface area (Å²) in [5.74, 6) is 0. The number of rotatable bonds is 2. The van der Waals surface area contributed by atoms with Crippen LogP contribution in [0.5, 0.6) is 0 Å².